The standard InChI is InChI=1S/C16H21ClN2O2/c17-14-8-6-12(7-9-14)3-1-5-15(20)19-10-2-4-13(11-19)16(18)21/h6-9,13H,1-5,10-11H2,(H2,18,21)/t13-/m1/s1. The minimum absolute atomic E-state index is 0.120. The van der Waals surface area contributed by atoms with Crippen LogP contribution in [0.3, 0.4) is 0 Å². The number of aryl methyl sites for hydroxylation is 1. The maximum atomic E-state index is 12.2. The summed E-state index contributed by atoms with van der Waals surface area (Å²) in [6.07, 6.45) is 3.82. The van der Waals surface area contributed by atoms with E-state index < -0.39 is 0 Å². The van der Waals surface area contributed by atoms with Gasteiger partial charge >= 0.3 is 0 Å². The van der Waals surface area contributed by atoms with Gasteiger partial charge in [-0.1, -0.05) is 23.7 Å². The van der Waals surface area contributed by atoms with Crippen LogP contribution in [-0.4, -0.2) is 29.8 Å². The summed E-state index contributed by atoms with van der Waals surface area (Å²) < 4.78 is 0. The van der Waals surface area contributed by atoms with E-state index in [1.54, 1.807) is 4.90 Å². The van der Waals surface area contributed by atoms with Crippen LogP contribution in [0.1, 0.15) is 31.2 Å². The molecule has 0 aromatic heterocycles. The van der Waals surface area contributed by atoms with E-state index in [1.807, 2.05) is 24.3 Å². The van der Waals surface area contributed by atoms with Gasteiger partial charge in [0.25, 0.3) is 0 Å². The molecular weight excluding hydrogens is 288 g/mol. The van der Waals surface area contributed by atoms with Crippen LogP contribution in [0.4, 0.5) is 0 Å². The first-order valence-electron chi connectivity index (χ1n) is 7.38. The van der Waals surface area contributed by atoms with Crippen LogP contribution in [0.2, 0.25) is 5.02 Å². The largest absolute Gasteiger partial charge is 0.369 e. The highest BCUT2D eigenvalue weighted by Gasteiger charge is 2.26. The third kappa shape index (κ3) is 4.74. The lowest BCUT2D eigenvalue weighted by molar-refractivity contribution is -0.135. The van der Waals surface area contributed by atoms with Gasteiger partial charge in [-0.05, 0) is 43.4 Å². The molecule has 21 heavy (non-hydrogen) atoms. The van der Waals surface area contributed by atoms with Gasteiger partial charge in [0.15, 0.2) is 0 Å². The molecule has 114 valence electrons. The van der Waals surface area contributed by atoms with Crippen molar-refractivity contribution in [2.75, 3.05) is 13.1 Å². The van der Waals surface area contributed by atoms with E-state index in [0.717, 1.165) is 37.3 Å². The van der Waals surface area contributed by atoms with Crippen molar-refractivity contribution in [2.45, 2.75) is 32.1 Å². The second-order valence-corrected chi connectivity index (χ2v) is 6.00. The van der Waals surface area contributed by atoms with Gasteiger partial charge in [-0.25, -0.2) is 0 Å². The predicted octanol–water partition coefficient (Wildman–Crippen LogP) is 2.39. The number of amides is 2. The Balaban J connectivity index is 1.76. The van der Waals surface area contributed by atoms with Crippen molar-refractivity contribution in [3.05, 3.63) is 34.9 Å². The summed E-state index contributed by atoms with van der Waals surface area (Å²) in [5.74, 6) is -0.359. The predicted molar refractivity (Wildman–Crippen MR) is 82.9 cm³/mol. The van der Waals surface area contributed by atoms with Crippen molar-refractivity contribution in [1.82, 2.24) is 4.90 Å². The van der Waals surface area contributed by atoms with Gasteiger partial charge in [0.2, 0.25) is 11.8 Å². The van der Waals surface area contributed by atoms with E-state index in [1.165, 1.54) is 5.56 Å². The fourth-order valence-corrected chi connectivity index (χ4v) is 2.81. The molecule has 0 bridgehead atoms. The number of nitrogens with two attached hydrogens (primary N) is 1. The molecule has 5 heteroatoms. The van der Waals surface area contributed by atoms with E-state index >= 15 is 0 Å². The molecule has 1 atom stereocenters. The van der Waals surface area contributed by atoms with Gasteiger partial charge in [0, 0.05) is 24.5 Å². The molecule has 0 aliphatic carbocycles. The summed E-state index contributed by atoms with van der Waals surface area (Å²) >= 11 is 5.84. The maximum absolute atomic E-state index is 12.2. The van der Waals surface area contributed by atoms with Gasteiger partial charge in [-0.3, -0.25) is 9.59 Å². The van der Waals surface area contributed by atoms with Gasteiger partial charge in [-0.15, -0.1) is 0 Å². The molecule has 0 spiro atoms. The Hall–Kier alpha value is -1.55. The summed E-state index contributed by atoms with van der Waals surface area (Å²) in [5.41, 5.74) is 6.51. The molecule has 2 rings (SSSR count). The lowest BCUT2D eigenvalue weighted by Gasteiger charge is -2.31. The van der Waals surface area contributed by atoms with Crippen LogP contribution in [0, 0.1) is 5.92 Å². The van der Waals surface area contributed by atoms with Gasteiger partial charge < -0.3 is 10.6 Å². The second kappa shape index (κ2) is 7.46. The third-order valence-corrected chi connectivity index (χ3v) is 4.20. The van der Waals surface area contributed by atoms with Crippen molar-refractivity contribution in [3.63, 3.8) is 0 Å². The maximum Gasteiger partial charge on any atom is 0.222 e. The van der Waals surface area contributed by atoms with Crippen molar-refractivity contribution in [1.29, 1.82) is 0 Å². The zero-order valence-corrected chi connectivity index (χ0v) is 12.8. The number of nitrogens with zero attached hydrogens (tertiary/aromatic N) is 1. The Labute approximate surface area is 130 Å². The van der Waals surface area contributed by atoms with Crippen LogP contribution in [0.15, 0.2) is 24.3 Å². The third-order valence-electron chi connectivity index (χ3n) is 3.95. The Kier molecular flexibility index (Phi) is 5.62. The average molecular weight is 309 g/mol. The van der Waals surface area contributed by atoms with Crippen LogP contribution in [-0.2, 0) is 16.0 Å². The topological polar surface area (TPSA) is 63.4 Å². The zero-order valence-electron chi connectivity index (χ0n) is 12.1. The number of hydrogen-bond donors (Lipinski definition) is 1. The smallest absolute Gasteiger partial charge is 0.222 e. The van der Waals surface area contributed by atoms with E-state index in [2.05, 4.69) is 0 Å². The van der Waals surface area contributed by atoms with Crippen molar-refractivity contribution < 1.29 is 9.59 Å². The molecule has 0 radical (unpaired) electrons. The van der Waals surface area contributed by atoms with Gasteiger partial charge in [-0.2, -0.15) is 0 Å². The number of benzene rings is 1. The molecule has 1 heterocycles. The number of hydrogen-bond acceptors (Lipinski definition) is 2. The number of likely N-dealkylation sites (tertiary alicyclic amines) is 1. The van der Waals surface area contributed by atoms with E-state index in [9.17, 15) is 9.59 Å². The SMILES string of the molecule is NC(=O)[C@@H]1CCCN(C(=O)CCCc2ccc(Cl)cc2)C1. The molecule has 1 aliphatic rings. The molecule has 2 N–H and O–H groups in total. The number of rotatable bonds is 5. The van der Waals surface area contributed by atoms with Gasteiger partial charge in [0.1, 0.15) is 0 Å². The minimum atomic E-state index is -0.298. The number of primary amides is 1. The van der Waals surface area contributed by atoms with Crippen LogP contribution < -0.4 is 5.73 Å². The first kappa shape index (κ1) is 15.8. The molecule has 4 nitrogen and oxygen atoms in total. The van der Waals surface area contributed by atoms with Crippen LogP contribution >= 0.6 is 11.6 Å². The lowest BCUT2D eigenvalue weighted by atomic mass is 9.97. The van der Waals surface area contributed by atoms with Crippen molar-refractivity contribution >= 4 is 23.4 Å². The normalized spacial score (nSPS) is 18.5. The molecule has 0 saturated carbocycles. The molecule has 1 aromatic carbocycles. The molecule has 1 aromatic rings. The Morgan fingerprint density at radius 1 is 1.29 bits per heavy atom. The number of halogens is 1. The zero-order chi connectivity index (χ0) is 15.2. The molecular formula is C16H21ClN2O2. The molecule has 1 fully saturated rings. The first-order chi connectivity index (χ1) is 10.1. The summed E-state index contributed by atoms with van der Waals surface area (Å²) in [6.45, 7) is 1.22. The van der Waals surface area contributed by atoms with E-state index in [-0.39, 0.29) is 17.7 Å². The summed E-state index contributed by atoms with van der Waals surface area (Å²) in [5, 5.41) is 0.723. The fourth-order valence-electron chi connectivity index (χ4n) is 2.69. The molecule has 1 aliphatic heterocycles. The monoisotopic (exact) mass is 308 g/mol. The highest BCUT2D eigenvalue weighted by molar-refractivity contribution is 6.30. The first-order valence-corrected chi connectivity index (χ1v) is 7.75. The Morgan fingerprint density at radius 2 is 2.00 bits per heavy atom. The van der Waals surface area contributed by atoms with Gasteiger partial charge in [0.05, 0.1) is 5.92 Å². The van der Waals surface area contributed by atoms with Crippen molar-refractivity contribution in [3.8, 4) is 0 Å². The molecule has 1 saturated heterocycles. The van der Waals surface area contributed by atoms with E-state index in [4.69, 9.17) is 17.3 Å². The minimum Gasteiger partial charge on any atom is -0.369 e. The second-order valence-electron chi connectivity index (χ2n) is 5.56. The highest BCUT2D eigenvalue weighted by atomic mass is 35.5. The quantitative estimate of drug-likeness (QED) is 0.907. The fraction of sp³-hybridized carbons (Fsp3) is 0.500. The lowest BCUT2D eigenvalue weighted by Crippen LogP contribution is -2.44. The summed E-state index contributed by atoms with van der Waals surface area (Å²) in [6, 6.07) is 7.69. The van der Waals surface area contributed by atoms with Crippen LogP contribution in [0.25, 0.3) is 0 Å². The molecule has 0 unspecified atom stereocenters. The number of piperidine rings is 1. The van der Waals surface area contributed by atoms with E-state index in [0.29, 0.717) is 13.0 Å². The Bertz CT molecular complexity index is 502. The summed E-state index contributed by atoms with van der Waals surface area (Å²) in [4.78, 5) is 25.2. The average Bonchev–Trinajstić information content (AvgIpc) is 2.49. The van der Waals surface area contributed by atoms with Crippen molar-refractivity contribution in [2.24, 2.45) is 11.7 Å². The molecule has 2 amide bonds. The Morgan fingerprint density at radius 3 is 2.67 bits per heavy atom. The number of carbonyl (C=O) groups excluding carboxylic acids is 2. The number of carbonyl (C=O) groups is 2. The van der Waals surface area contributed by atoms with Crippen LogP contribution in [0.5, 0.6) is 0 Å². The highest BCUT2D eigenvalue weighted by Crippen LogP contribution is 2.18. The summed E-state index contributed by atoms with van der Waals surface area (Å²) in [7, 11) is 0.